The maximum atomic E-state index is 5.68. The number of rotatable bonds is 0. The fourth-order valence-electron chi connectivity index (χ4n) is 1.80. The highest BCUT2D eigenvalue weighted by Gasteiger charge is 2.22. The maximum absolute atomic E-state index is 5.68. The molecular formula is C10H7BrN2S. The number of hydrogen-bond acceptors (Lipinski definition) is 3. The van der Waals surface area contributed by atoms with Gasteiger partial charge in [-0.15, -0.1) is 11.3 Å². The molecule has 0 fully saturated rings. The molecule has 70 valence electrons. The molecular weight excluding hydrogens is 260 g/mol. The highest BCUT2D eigenvalue weighted by atomic mass is 79.9. The van der Waals surface area contributed by atoms with Gasteiger partial charge in [0.1, 0.15) is 0 Å². The number of nitrogen functional groups attached to an aromatic ring is 1. The lowest BCUT2D eigenvalue weighted by Crippen LogP contribution is -1.84. The van der Waals surface area contributed by atoms with Crippen molar-refractivity contribution in [2.45, 2.75) is 6.42 Å². The van der Waals surface area contributed by atoms with Gasteiger partial charge in [-0.25, -0.2) is 4.98 Å². The third kappa shape index (κ3) is 1.11. The summed E-state index contributed by atoms with van der Waals surface area (Å²) < 4.78 is 1.09. The molecule has 1 aliphatic rings. The molecule has 1 heterocycles. The van der Waals surface area contributed by atoms with Crippen LogP contribution in [0, 0.1) is 0 Å². The fourth-order valence-corrected chi connectivity index (χ4v) is 3.03. The molecule has 0 atom stereocenters. The SMILES string of the molecule is Nc1nc2c(s1)Cc1ccc(Br)cc1-2. The lowest BCUT2D eigenvalue weighted by Gasteiger charge is -1.98. The minimum atomic E-state index is 0.667. The number of nitrogens with two attached hydrogens (primary N) is 1. The summed E-state index contributed by atoms with van der Waals surface area (Å²) in [7, 11) is 0. The zero-order valence-corrected chi connectivity index (χ0v) is 9.65. The van der Waals surface area contributed by atoms with Gasteiger partial charge in [-0.2, -0.15) is 0 Å². The molecule has 2 N–H and O–H groups in total. The van der Waals surface area contributed by atoms with Crippen LogP contribution in [0.15, 0.2) is 22.7 Å². The van der Waals surface area contributed by atoms with Gasteiger partial charge in [0.05, 0.1) is 5.69 Å². The highest BCUT2D eigenvalue weighted by Crippen LogP contribution is 2.41. The molecule has 1 aliphatic carbocycles. The van der Waals surface area contributed by atoms with E-state index in [1.165, 1.54) is 16.0 Å². The summed E-state index contributed by atoms with van der Waals surface area (Å²) >= 11 is 5.06. The van der Waals surface area contributed by atoms with Crippen LogP contribution in [-0.4, -0.2) is 4.98 Å². The number of fused-ring (bicyclic) bond motifs is 3. The van der Waals surface area contributed by atoms with Crippen LogP contribution in [0.1, 0.15) is 10.4 Å². The first kappa shape index (κ1) is 8.44. The van der Waals surface area contributed by atoms with Gasteiger partial charge in [-0.1, -0.05) is 22.0 Å². The molecule has 2 aromatic rings. The molecule has 0 saturated carbocycles. The summed E-state index contributed by atoms with van der Waals surface area (Å²) in [5.41, 5.74) is 9.33. The molecule has 0 spiro atoms. The van der Waals surface area contributed by atoms with Gasteiger partial charge < -0.3 is 5.73 Å². The number of aromatic nitrogens is 1. The molecule has 0 amide bonds. The lowest BCUT2D eigenvalue weighted by molar-refractivity contribution is 1.30. The largest absolute Gasteiger partial charge is 0.375 e. The molecule has 0 saturated heterocycles. The van der Waals surface area contributed by atoms with Crippen molar-refractivity contribution < 1.29 is 0 Å². The van der Waals surface area contributed by atoms with Gasteiger partial charge in [0.2, 0.25) is 0 Å². The Labute approximate surface area is 93.9 Å². The molecule has 4 heteroatoms. The number of anilines is 1. The van der Waals surface area contributed by atoms with Crippen molar-refractivity contribution in [1.29, 1.82) is 0 Å². The second-order valence-corrected chi connectivity index (χ2v) is 5.33. The zero-order valence-electron chi connectivity index (χ0n) is 7.25. The summed E-state index contributed by atoms with van der Waals surface area (Å²) in [6.45, 7) is 0. The van der Waals surface area contributed by atoms with E-state index in [1.807, 2.05) is 0 Å². The lowest BCUT2D eigenvalue weighted by atomic mass is 10.1. The Morgan fingerprint density at radius 2 is 2.29 bits per heavy atom. The normalized spacial score (nSPS) is 12.6. The Hall–Kier alpha value is -0.870. The van der Waals surface area contributed by atoms with Gasteiger partial charge in [0.15, 0.2) is 5.13 Å². The summed E-state index contributed by atoms with van der Waals surface area (Å²) in [6.07, 6.45) is 0.979. The Balaban J connectivity index is 2.28. The Morgan fingerprint density at radius 3 is 3.14 bits per heavy atom. The van der Waals surface area contributed by atoms with Crippen LogP contribution in [0.3, 0.4) is 0 Å². The predicted molar refractivity (Wildman–Crippen MR) is 62.5 cm³/mol. The monoisotopic (exact) mass is 266 g/mol. The second kappa shape index (κ2) is 2.81. The van der Waals surface area contributed by atoms with Crippen molar-refractivity contribution in [3.63, 3.8) is 0 Å². The minimum Gasteiger partial charge on any atom is -0.375 e. The molecule has 0 radical (unpaired) electrons. The van der Waals surface area contributed by atoms with E-state index in [1.54, 1.807) is 11.3 Å². The number of hydrogen-bond donors (Lipinski definition) is 1. The van der Waals surface area contributed by atoms with Gasteiger partial charge in [0, 0.05) is 21.3 Å². The van der Waals surface area contributed by atoms with E-state index < -0.39 is 0 Å². The number of benzene rings is 1. The van der Waals surface area contributed by atoms with E-state index in [9.17, 15) is 0 Å². The quantitative estimate of drug-likeness (QED) is 0.679. The molecule has 0 bridgehead atoms. The topological polar surface area (TPSA) is 38.9 Å². The van der Waals surface area contributed by atoms with Gasteiger partial charge in [-0.3, -0.25) is 0 Å². The van der Waals surface area contributed by atoms with Crippen LogP contribution < -0.4 is 5.73 Å². The van der Waals surface area contributed by atoms with Crippen molar-refractivity contribution >= 4 is 32.4 Å². The minimum absolute atomic E-state index is 0.667. The number of nitrogens with zero attached hydrogens (tertiary/aromatic N) is 1. The second-order valence-electron chi connectivity index (χ2n) is 3.30. The van der Waals surface area contributed by atoms with E-state index in [-0.39, 0.29) is 0 Å². The average molecular weight is 267 g/mol. The highest BCUT2D eigenvalue weighted by molar-refractivity contribution is 9.10. The zero-order chi connectivity index (χ0) is 9.71. The van der Waals surface area contributed by atoms with Crippen LogP contribution in [0.25, 0.3) is 11.3 Å². The average Bonchev–Trinajstić information content (AvgIpc) is 2.62. The Bertz CT molecular complexity index is 519. The molecule has 0 unspecified atom stereocenters. The maximum Gasteiger partial charge on any atom is 0.180 e. The number of thiazole rings is 1. The van der Waals surface area contributed by atoms with Gasteiger partial charge in [0.25, 0.3) is 0 Å². The number of halogens is 1. The van der Waals surface area contributed by atoms with Crippen molar-refractivity contribution in [2.24, 2.45) is 0 Å². The van der Waals surface area contributed by atoms with E-state index >= 15 is 0 Å². The smallest absolute Gasteiger partial charge is 0.180 e. The van der Waals surface area contributed by atoms with Gasteiger partial charge >= 0.3 is 0 Å². The van der Waals surface area contributed by atoms with Crippen molar-refractivity contribution in [3.8, 4) is 11.3 Å². The first-order chi connectivity index (χ1) is 6.74. The van der Waals surface area contributed by atoms with Crippen LogP contribution >= 0.6 is 27.3 Å². The van der Waals surface area contributed by atoms with Crippen LogP contribution in [0.5, 0.6) is 0 Å². The van der Waals surface area contributed by atoms with E-state index in [2.05, 4.69) is 39.1 Å². The summed E-state index contributed by atoms with van der Waals surface area (Å²) in [4.78, 5) is 5.64. The van der Waals surface area contributed by atoms with Crippen LogP contribution in [-0.2, 0) is 6.42 Å². The van der Waals surface area contributed by atoms with Gasteiger partial charge in [-0.05, 0) is 17.7 Å². The first-order valence-corrected chi connectivity index (χ1v) is 5.89. The van der Waals surface area contributed by atoms with Crippen LogP contribution in [0.2, 0.25) is 0 Å². The van der Waals surface area contributed by atoms with Crippen LogP contribution in [0.4, 0.5) is 5.13 Å². The molecule has 1 aromatic carbocycles. The summed E-state index contributed by atoms with van der Waals surface area (Å²) in [5, 5.41) is 0.667. The predicted octanol–water partition coefficient (Wildman–Crippen LogP) is 3.06. The first-order valence-electron chi connectivity index (χ1n) is 4.28. The third-order valence-corrected chi connectivity index (χ3v) is 3.77. The molecule has 0 aliphatic heterocycles. The van der Waals surface area contributed by atoms with Crippen molar-refractivity contribution in [2.75, 3.05) is 5.73 Å². The molecule has 14 heavy (non-hydrogen) atoms. The van der Waals surface area contributed by atoms with Crippen molar-refractivity contribution in [3.05, 3.63) is 33.1 Å². The van der Waals surface area contributed by atoms with E-state index in [0.717, 1.165) is 16.6 Å². The van der Waals surface area contributed by atoms with E-state index in [0.29, 0.717) is 5.13 Å². The van der Waals surface area contributed by atoms with Crippen molar-refractivity contribution in [1.82, 2.24) is 4.98 Å². The van der Waals surface area contributed by atoms with E-state index in [4.69, 9.17) is 5.73 Å². The third-order valence-electron chi connectivity index (χ3n) is 2.39. The standard InChI is InChI=1S/C10H7BrN2S/c11-6-2-1-5-3-8-9(7(5)4-6)13-10(12)14-8/h1-2,4H,3H2,(H2,12,13). The molecule has 2 nitrogen and oxygen atoms in total. The summed E-state index contributed by atoms with van der Waals surface area (Å²) in [5.74, 6) is 0. The Kier molecular flexibility index (Phi) is 1.69. The fraction of sp³-hybridized carbons (Fsp3) is 0.100. The summed E-state index contributed by atoms with van der Waals surface area (Å²) in [6, 6.07) is 6.32. The Morgan fingerprint density at radius 1 is 1.43 bits per heavy atom. The molecule has 3 rings (SSSR count). The molecule has 1 aromatic heterocycles.